The summed E-state index contributed by atoms with van der Waals surface area (Å²) in [5, 5.41) is 0. The zero-order chi connectivity index (χ0) is 10.9. The maximum absolute atomic E-state index is 5.82. The molecule has 0 aromatic heterocycles. The Labute approximate surface area is 91.8 Å². The van der Waals surface area contributed by atoms with Crippen molar-refractivity contribution in [2.24, 2.45) is 5.41 Å². The standard InChI is InChI=1S/C14H18O/c1-14(2,3)9-8-12-10-11-6-4-5-7-13(11)15-12/h4-9,12H,10H2,1-3H3/b9-8+. The van der Waals surface area contributed by atoms with Gasteiger partial charge in [-0.15, -0.1) is 0 Å². The quantitative estimate of drug-likeness (QED) is 0.632. The molecule has 1 heteroatoms. The molecule has 0 saturated carbocycles. The van der Waals surface area contributed by atoms with Crippen molar-refractivity contribution in [1.29, 1.82) is 0 Å². The lowest BCUT2D eigenvalue weighted by Gasteiger charge is -2.13. The van der Waals surface area contributed by atoms with Gasteiger partial charge in [-0.05, 0) is 23.1 Å². The lowest BCUT2D eigenvalue weighted by molar-refractivity contribution is 0.281. The summed E-state index contributed by atoms with van der Waals surface area (Å²) >= 11 is 0. The summed E-state index contributed by atoms with van der Waals surface area (Å²) in [6.07, 6.45) is 5.63. The summed E-state index contributed by atoms with van der Waals surface area (Å²) in [6, 6.07) is 8.27. The summed E-state index contributed by atoms with van der Waals surface area (Å²) < 4.78 is 5.82. The lowest BCUT2D eigenvalue weighted by Crippen LogP contribution is -2.10. The van der Waals surface area contributed by atoms with Gasteiger partial charge in [0.05, 0.1) is 0 Å². The van der Waals surface area contributed by atoms with Crippen LogP contribution in [0, 0.1) is 5.41 Å². The van der Waals surface area contributed by atoms with Crippen molar-refractivity contribution in [2.75, 3.05) is 0 Å². The predicted octanol–water partition coefficient (Wildman–Crippen LogP) is 3.59. The van der Waals surface area contributed by atoms with Crippen LogP contribution in [-0.4, -0.2) is 6.10 Å². The average Bonchev–Trinajstić information content (AvgIpc) is 2.56. The average molecular weight is 202 g/mol. The molecule has 0 aliphatic carbocycles. The molecule has 80 valence electrons. The van der Waals surface area contributed by atoms with Gasteiger partial charge in [0.1, 0.15) is 11.9 Å². The van der Waals surface area contributed by atoms with Crippen LogP contribution in [0.2, 0.25) is 0 Å². The normalized spacial score (nSPS) is 20.3. The molecule has 0 N–H and O–H groups in total. The van der Waals surface area contributed by atoms with Crippen LogP contribution in [0.1, 0.15) is 26.3 Å². The highest BCUT2D eigenvalue weighted by molar-refractivity contribution is 5.38. The third kappa shape index (κ3) is 2.62. The molecule has 1 heterocycles. The number of fused-ring (bicyclic) bond motifs is 1. The van der Waals surface area contributed by atoms with Crippen LogP contribution >= 0.6 is 0 Å². The van der Waals surface area contributed by atoms with Crippen molar-refractivity contribution in [1.82, 2.24) is 0 Å². The molecule has 0 amide bonds. The number of para-hydroxylation sites is 1. The van der Waals surface area contributed by atoms with E-state index in [1.54, 1.807) is 0 Å². The largest absolute Gasteiger partial charge is 0.486 e. The minimum atomic E-state index is 0.224. The van der Waals surface area contributed by atoms with E-state index in [0.717, 1.165) is 12.2 Å². The summed E-state index contributed by atoms with van der Waals surface area (Å²) in [5.74, 6) is 1.04. The molecule has 1 unspecified atom stereocenters. The Morgan fingerprint density at radius 1 is 1.27 bits per heavy atom. The highest BCUT2D eigenvalue weighted by Crippen LogP contribution is 2.29. The molecule has 0 saturated heterocycles. The summed E-state index contributed by atoms with van der Waals surface area (Å²) in [6.45, 7) is 6.60. The Morgan fingerprint density at radius 2 is 2.00 bits per heavy atom. The second-order valence-electron chi connectivity index (χ2n) is 5.19. The molecule has 1 atom stereocenters. The third-order valence-electron chi connectivity index (χ3n) is 2.48. The van der Waals surface area contributed by atoms with E-state index in [4.69, 9.17) is 4.74 Å². The maximum atomic E-state index is 5.82. The van der Waals surface area contributed by atoms with Crippen LogP contribution in [-0.2, 0) is 6.42 Å². The van der Waals surface area contributed by atoms with Crippen molar-refractivity contribution >= 4 is 0 Å². The highest BCUT2D eigenvalue weighted by atomic mass is 16.5. The molecule has 2 rings (SSSR count). The summed E-state index contributed by atoms with van der Waals surface area (Å²) in [7, 11) is 0. The highest BCUT2D eigenvalue weighted by Gasteiger charge is 2.20. The van der Waals surface area contributed by atoms with Crippen LogP contribution < -0.4 is 4.74 Å². The fourth-order valence-electron chi connectivity index (χ4n) is 1.71. The van der Waals surface area contributed by atoms with Crippen molar-refractivity contribution in [2.45, 2.75) is 33.3 Å². The van der Waals surface area contributed by atoms with Crippen molar-refractivity contribution in [3.8, 4) is 5.75 Å². The van der Waals surface area contributed by atoms with Gasteiger partial charge in [-0.2, -0.15) is 0 Å². The van der Waals surface area contributed by atoms with Crippen molar-refractivity contribution < 1.29 is 4.74 Å². The molecule has 0 radical (unpaired) electrons. The van der Waals surface area contributed by atoms with Gasteiger partial charge in [-0.1, -0.05) is 45.0 Å². The van der Waals surface area contributed by atoms with E-state index in [2.05, 4.69) is 45.1 Å². The molecule has 15 heavy (non-hydrogen) atoms. The van der Waals surface area contributed by atoms with E-state index in [-0.39, 0.29) is 11.5 Å². The first kappa shape index (κ1) is 10.3. The van der Waals surface area contributed by atoms with Crippen LogP contribution in [0.3, 0.4) is 0 Å². The van der Waals surface area contributed by atoms with Crippen molar-refractivity contribution in [3.63, 3.8) is 0 Å². The zero-order valence-electron chi connectivity index (χ0n) is 9.66. The Balaban J connectivity index is 2.05. The number of benzene rings is 1. The zero-order valence-corrected chi connectivity index (χ0v) is 9.66. The van der Waals surface area contributed by atoms with E-state index < -0.39 is 0 Å². The van der Waals surface area contributed by atoms with Gasteiger partial charge in [-0.25, -0.2) is 0 Å². The fraction of sp³-hybridized carbons (Fsp3) is 0.429. The summed E-state index contributed by atoms with van der Waals surface area (Å²) in [5.41, 5.74) is 1.55. The monoisotopic (exact) mass is 202 g/mol. The smallest absolute Gasteiger partial charge is 0.123 e. The SMILES string of the molecule is CC(C)(C)/C=C/C1Cc2ccccc2O1. The van der Waals surface area contributed by atoms with Gasteiger partial charge in [0.25, 0.3) is 0 Å². The Kier molecular flexibility index (Phi) is 2.56. The van der Waals surface area contributed by atoms with Gasteiger partial charge in [-0.3, -0.25) is 0 Å². The molecular formula is C14H18O. The molecule has 1 aromatic carbocycles. The van der Waals surface area contributed by atoms with Crippen LogP contribution in [0.4, 0.5) is 0 Å². The Bertz CT molecular complexity index is 346. The number of ether oxygens (including phenoxy) is 1. The third-order valence-corrected chi connectivity index (χ3v) is 2.48. The second-order valence-corrected chi connectivity index (χ2v) is 5.19. The minimum absolute atomic E-state index is 0.224. The lowest BCUT2D eigenvalue weighted by atomic mass is 9.95. The van der Waals surface area contributed by atoms with Gasteiger partial charge in [0.2, 0.25) is 0 Å². The molecule has 1 aliphatic heterocycles. The predicted molar refractivity (Wildman–Crippen MR) is 63.2 cm³/mol. The van der Waals surface area contributed by atoms with Crippen LogP contribution in [0.25, 0.3) is 0 Å². The number of allylic oxidation sites excluding steroid dienone is 1. The molecule has 1 aromatic rings. The van der Waals surface area contributed by atoms with E-state index in [0.29, 0.717) is 0 Å². The summed E-state index contributed by atoms with van der Waals surface area (Å²) in [4.78, 5) is 0. The molecule has 0 fully saturated rings. The van der Waals surface area contributed by atoms with E-state index in [1.165, 1.54) is 5.56 Å². The van der Waals surface area contributed by atoms with Crippen LogP contribution in [0.5, 0.6) is 5.75 Å². The van der Waals surface area contributed by atoms with E-state index in [1.807, 2.05) is 12.1 Å². The molecule has 0 bridgehead atoms. The van der Waals surface area contributed by atoms with Crippen molar-refractivity contribution in [3.05, 3.63) is 42.0 Å². The first-order valence-electron chi connectivity index (χ1n) is 5.48. The Morgan fingerprint density at radius 3 is 2.67 bits per heavy atom. The molecule has 1 aliphatic rings. The van der Waals surface area contributed by atoms with Gasteiger partial charge in [0, 0.05) is 6.42 Å². The fourth-order valence-corrected chi connectivity index (χ4v) is 1.71. The first-order chi connectivity index (χ1) is 7.04. The topological polar surface area (TPSA) is 9.23 Å². The molecule has 1 nitrogen and oxygen atoms in total. The molecule has 0 spiro atoms. The number of hydrogen-bond donors (Lipinski definition) is 0. The minimum Gasteiger partial charge on any atom is -0.486 e. The van der Waals surface area contributed by atoms with Crippen LogP contribution in [0.15, 0.2) is 36.4 Å². The van der Waals surface area contributed by atoms with Gasteiger partial charge < -0.3 is 4.74 Å². The van der Waals surface area contributed by atoms with Gasteiger partial charge >= 0.3 is 0 Å². The van der Waals surface area contributed by atoms with Gasteiger partial charge in [0.15, 0.2) is 0 Å². The molecular weight excluding hydrogens is 184 g/mol. The Hall–Kier alpha value is -1.24. The number of rotatable bonds is 1. The number of hydrogen-bond acceptors (Lipinski definition) is 1. The maximum Gasteiger partial charge on any atom is 0.123 e. The van der Waals surface area contributed by atoms with E-state index in [9.17, 15) is 0 Å². The first-order valence-corrected chi connectivity index (χ1v) is 5.48. The van der Waals surface area contributed by atoms with E-state index >= 15 is 0 Å². The second kappa shape index (κ2) is 3.73.